The molecule has 1 aliphatic rings. The molecular formula is C17H19Br2ClN2S. The molecule has 0 aliphatic carbocycles. The van der Waals surface area contributed by atoms with Crippen LogP contribution < -0.4 is 4.90 Å². The predicted octanol–water partition coefficient (Wildman–Crippen LogP) is 6.19. The highest BCUT2D eigenvalue weighted by atomic mass is 79.9. The van der Waals surface area contributed by atoms with Gasteiger partial charge in [-0.05, 0) is 63.5 Å². The summed E-state index contributed by atoms with van der Waals surface area (Å²) in [6, 6.07) is 13.1. The van der Waals surface area contributed by atoms with E-state index < -0.39 is 0 Å². The Kier molecular flexibility index (Phi) is 6.87. The van der Waals surface area contributed by atoms with Gasteiger partial charge in [-0.1, -0.05) is 43.6 Å². The number of rotatable bonds is 4. The Bertz CT molecular complexity index is 643. The molecule has 124 valence electrons. The average Bonchev–Trinajstić information content (AvgIpc) is 2.45. The first-order valence-electron chi connectivity index (χ1n) is 7.24. The van der Waals surface area contributed by atoms with Crippen LogP contribution in [0.5, 0.6) is 0 Å². The summed E-state index contributed by atoms with van der Waals surface area (Å²) in [6.45, 7) is 2.13. The van der Waals surface area contributed by atoms with Crippen LogP contribution in [0.4, 0.5) is 11.4 Å². The van der Waals surface area contributed by atoms with Gasteiger partial charge in [0.1, 0.15) is 0 Å². The van der Waals surface area contributed by atoms with Gasteiger partial charge in [0.25, 0.3) is 0 Å². The molecular weight excluding hydrogens is 460 g/mol. The Hall–Kier alpha value is -0.200. The van der Waals surface area contributed by atoms with Crippen LogP contribution in [-0.2, 0) is 0 Å². The number of nitrogens with zero attached hydrogens (tertiary/aromatic N) is 2. The van der Waals surface area contributed by atoms with E-state index >= 15 is 0 Å². The van der Waals surface area contributed by atoms with E-state index in [9.17, 15) is 0 Å². The van der Waals surface area contributed by atoms with Crippen LogP contribution in [0.15, 0.2) is 55.1 Å². The highest BCUT2D eigenvalue weighted by molar-refractivity contribution is 9.10. The lowest BCUT2D eigenvalue weighted by molar-refractivity contribution is 0.402. The smallest absolute Gasteiger partial charge is 0.0553 e. The van der Waals surface area contributed by atoms with Crippen molar-refractivity contribution < 1.29 is 0 Å². The lowest BCUT2D eigenvalue weighted by Gasteiger charge is -2.33. The summed E-state index contributed by atoms with van der Waals surface area (Å²) in [6.07, 6.45) is 1.14. The van der Waals surface area contributed by atoms with Crippen molar-refractivity contribution in [2.24, 2.45) is 0 Å². The topological polar surface area (TPSA) is 6.48 Å². The van der Waals surface area contributed by atoms with Gasteiger partial charge in [0.05, 0.1) is 11.4 Å². The van der Waals surface area contributed by atoms with E-state index in [0.29, 0.717) is 0 Å². The Morgan fingerprint density at radius 2 is 1.48 bits per heavy atom. The van der Waals surface area contributed by atoms with E-state index in [1.165, 1.54) is 21.2 Å². The molecule has 0 bridgehead atoms. The van der Waals surface area contributed by atoms with Crippen molar-refractivity contribution in [1.29, 1.82) is 0 Å². The SMILES string of the molecule is CN(C)CCCN1c2ccc(Br)cc2Sc2cc(Br)ccc21.Cl. The summed E-state index contributed by atoms with van der Waals surface area (Å²) >= 11 is 9.02. The van der Waals surface area contributed by atoms with E-state index in [1.54, 1.807) is 0 Å². The molecule has 2 nitrogen and oxygen atoms in total. The second-order valence-corrected chi connectivity index (χ2v) is 8.55. The summed E-state index contributed by atoms with van der Waals surface area (Å²) in [4.78, 5) is 7.31. The lowest BCUT2D eigenvalue weighted by atomic mass is 10.2. The molecule has 0 atom stereocenters. The van der Waals surface area contributed by atoms with Gasteiger partial charge in [-0.25, -0.2) is 0 Å². The second kappa shape index (κ2) is 8.26. The largest absolute Gasteiger partial charge is 0.340 e. The molecule has 2 aromatic rings. The normalized spacial score (nSPS) is 12.7. The maximum absolute atomic E-state index is 3.59. The number of benzene rings is 2. The third-order valence-corrected chi connectivity index (χ3v) is 5.71. The Balaban J connectivity index is 0.00000192. The number of anilines is 2. The van der Waals surface area contributed by atoms with Crippen LogP contribution in [0, 0.1) is 0 Å². The van der Waals surface area contributed by atoms with Gasteiger partial charge in [-0.2, -0.15) is 0 Å². The standard InChI is InChI=1S/C17H18Br2N2S.ClH/c1-20(2)8-3-9-21-14-6-4-12(18)10-16(14)22-17-11-13(19)5-7-15(17)21;/h4-7,10-11H,3,8-9H2,1-2H3;1H. The Labute approximate surface area is 165 Å². The zero-order chi connectivity index (χ0) is 15.7. The summed E-state index contributed by atoms with van der Waals surface area (Å²) in [5, 5.41) is 0. The molecule has 1 aliphatic heterocycles. The van der Waals surface area contributed by atoms with Crippen LogP contribution in [0.25, 0.3) is 0 Å². The molecule has 0 radical (unpaired) electrons. The van der Waals surface area contributed by atoms with Crippen LogP contribution in [0.2, 0.25) is 0 Å². The molecule has 0 N–H and O–H groups in total. The Morgan fingerprint density at radius 3 is 1.96 bits per heavy atom. The van der Waals surface area contributed by atoms with Crippen LogP contribution in [-0.4, -0.2) is 32.1 Å². The zero-order valence-electron chi connectivity index (χ0n) is 13.1. The lowest BCUT2D eigenvalue weighted by Crippen LogP contribution is -2.25. The quantitative estimate of drug-likeness (QED) is 0.518. The highest BCUT2D eigenvalue weighted by Crippen LogP contribution is 2.49. The van der Waals surface area contributed by atoms with Crippen molar-refractivity contribution in [2.45, 2.75) is 16.2 Å². The molecule has 0 fully saturated rings. The van der Waals surface area contributed by atoms with Gasteiger partial charge in [-0.15, -0.1) is 12.4 Å². The number of hydrogen-bond acceptors (Lipinski definition) is 3. The predicted molar refractivity (Wildman–Crippen MR) is 110 cm³/mol. The molecule has 0 saturated heterocycles. The first kappa shape index (κ1) is 19.1. The molecule has 0 spiro atoms. The van der Waals surface area contributed by atoms with Gasteiger partial charge in [0.15, 0.2) is 0 Å². The Morgan fingerprint density at radius 1 is 0.957 bits per heavy atom. The zero-order valence-corrected chi connectivity index (χ0v) is 17.9. The molecule has 0 amide bonds. The monoisotopic (exact) mass is 476 g/mol. The fourth-order valence-electron chi connectivity index (χ4n) is 2.62. The minimum Gasteiger partial charge on any atom is -0.340 e. The van der Waals surface area contributed by atoms with Crippen molar-refractivity contribution in [2.75, 3.05) is 32.1 Å². The van der Waals surface area contributed by atoms with Gasteiger partial charge < -0.3 is 9.80 Å². The van der Waals surface area contributed by atoms with E-state index in [4.69, 9.17) is 0 Å². The minimum absolute atomic E-state index is 0. The minimum atomic E-state index is 0. The summed E-state index contributed by atoms with van der Waals surface area (Å²) < 4.78 is 2.26. The maximum atomic E-state index is 3.59. The fourth-order valence-corrected chi connectivity index (χ4v) is 4.82. The van der Waals surface area contributed by atoms with Crippen molar-refractivity contribution >= 4 is 67.4 Å². The van der Waals surface area contributed by atoms with Gasteiger partial charge >= 0.3 is 0 Å². The molecule has 2 aromatic carbocycles. The third kappa shape index (κ3) is 4.45. The van der Waals surface area contributed by atoms with Crippen LogP contribution in [0.3, 0.4) is 0 Å². The first-order chi connectivity index (χ1) is 10.5. The summed E-state index contributed by atoms with van der Waals surface area (Å²) in [5.74, 6) is 0. The first-order valence-corrected chi connectivity index (χ1v) is 9.64. The van der Waals surface area contributed by atoms with E-state index in [1.807, 2.05) is 11.8 Å². The number of hydrogen-bond donors (Lipinski definition) is 0. The van der Waals surface area contributed by atoms with Gasteiger partial charge in [-0.3, -0.25) is 0 Å². The highest BCUT2D eigenvalue weighted by Gasteiger charge is 2.23. The van der Waals surface area contributed by atoms with Crippen molar-refractivity contribution in [1.82, 2.24) is 4.90 Å². The van der Waals surface area contributed by atoms with E-state index in [2.05, 4.69) is 92.2 Å². The summed E-state index contributed by atoms with van der Waals surface area (Å²) in [5.41, 5.74) is 2.61. The molecule has 6 heteroatoms. The molecule has 0 aromatic heterocycles. The van der Waals surface area contributed by atoms with Crippen LogP contribution in [0.1, 0.15) is 6.42 Å². The van der Waals surface area contributed by atoms with Gasteiger partial charge in [0.2, 0.25) is 0 Å². The molecule has 0 saturated carbocycles. The summed E-state index contributed by atoms with van der Waals surface area (Å²) in [7, 11) is 4.25. The number of halogens is 3. The van der Waals surface area contributed by atoms with E-state index in [-0.39, 0.29) is 12.4 Å². The molecule has 3 rings (SSSR count). The third-order valence-electron chi connectivity index (χ3n) is 3.63. The number of fused-ring (bicyclic) bond motifs is 2. The van der Waals surface area contributed by atoms with Gasteiger partial charge in [0, 0.05) is 25.3 Å². The second-order valence-electron chi connectivity index (χ2n) is 5.63. The van der Waals surface area contributed by atoms with Crippen molar-refractivity contribution in [3.05, 3.63) is 45.3 Å². The average molecular weight is 479 g/mol. The fraction of sp³-hybridized carbons (Fsp3) is 0.294. The van der Waals surface area contributed by atoms with E-state index in [0.717, 1.165) is 28.5 Å². The van der Waals surface area contributed by atoms with Crippen molar-refractivity contribution in [3.63, 3.8) is 0 Å². The molecule has 23 heavy (non-hydrogen) atoms. The van der Waals surface area contributed by atoms with Crippen molar-refractivity contribution in [3.8, 4) is 0 Å². The maximum Gasteiger partial charge on any atom is 0.0553 e. The van der Waals surface area contributed by atoms with Crippen LogP contribution >= 0.6 is 56.0 Å². The molecule has 0 unspecified atom stereocenters. The molecule has 1 heterocycles.